The molecule has 5 N–H and O–H groups in total. The Labute approximate surface area is 94.8 Å². The number of amides is 1. The van der Waals surface area contributed by atoms with Crippen molar-refractivity contribution in [3.63, 3.8) is 0 Å². The summed E-state index contributed by atoms with van der Waals surface area (Å²) in [5, 5.41) is 19.7. The number of hydrogen-bond acceptors (Lipinski definition) is 4. The lowest BCUT2D eigenvalue weighted by molar-refractivity contribution is -0.142. The van der Waals surface area contributed by atoms with E-state index in [9.17, 15) is 9.59 Å². The van der Waals surface area contributed by atoms with E-state index in [0.717, 1.165) is 12.8 Å². The minimum absolute atomic E-state index is 0.0316. The maximum Gasteiger partial charge on any atom is 0.326 e. The molecule has 0 rings (SSSR count). The largest absolute Gasteiger partial charge is 0.480 e. The monoisotopic (exact) mass is 232 g/mol. The SMILES string of the molecule is NCCCCCC(=O)NC(CCO)C(=O)O. The van der Waals surface area contributed by atoms with Gasteiger partial charge in [-0.15, -0.1) is 0 Å². The van der Waals surface area contributed by atoms with Crippen LogP contribution in [0.25, 0.3) is 0 Å². The summed E-state index contributed by atoms with van der Waals surface area (Å²) in [6.07, 6.45) is 2.77. The van der Waals surface area contributed by atoms with Crippen molar-refractivity contribution >= 4 is 11.9 Å². The lowest BCUT2D eigenvalue weighted by atomic mass is 10.1. The molecule has 0 saturated carbocycles. The molecule has 0 aromatic carbocycles. The second-order valence-corrected chi connectivity index (χ2v) is 3.57. The third-order valence-corrected chi connectivity index (χ3v) is 2.16. The Morgan fingerprint density at radius 2 is 1.94 bits per heavy atom. The quantitative estimate of drug-likeness (QED) is 0.399. The standard InChI is InChI=1S/C10H20N2O4/c11-6-3-1-2-4-9(14)12-8(5-7-13)10(15)16/h8,13H,1-7,11H2,(H,12,14)(H,15,16). The van der Waals surface area contributed by atoms with Gasteiger partial charge in [0, 0.05) is 19.4 Å². The topological polar surface area (TPSA) is 113 Å². The Morgan fingerprint density at radius 1 is 1.25 bits per heavy atom. The molecule has 0 aliphatic carbocycles. The second kappa shape index (κ2) is 9.11. The molecule has 0 saturated heterocycles. The van der Waals surface area contributed by atoms with Crippen LogP contribution in [0.1, 0.15) is 32.1 Å². The molecule has 6 nitrogen and oxygen atoms in total. The number of rotatable bonds is 9. The zero-order chi connectivity index (χ0) is 12.4. The van der Waals surface area contributed by atoms with Gasteiger partial charge < -0.3 is 21.3 Å². The van der Waals surface area contributed by atoms with Gasteiger partial charge in [-0.25, -0.2) is 4.79 Å². The lowest BCUT2D eigenvalue weighted by Crippen LogP contribution is -2.41. The first-order valence-electron chi connectivity index (χ1n) is 5.45. The molecule has 1 unspecified atom stereocenters. The number of aliphatic hydroxyl groups excluding tert-OH is 1. The molecule has 0 aliphatic heterocycles. The Morgan fingerprint density at radius 3 is 2.44 bits per heavy atom. The first-order valence-corrected chi connectivity index (χ1v) is 5.45. The number of carbonyl (C=O) groups is 2. The fraction of sp³-hybridized carbons (Fsp3) is 0.800. The predicted molar refractivity (Wildman–Crippen MR) is 58.8 cm³/mol. The van der Waals surface area contributed by atoms with Gasteiger partial charge in [0.05, 0.1) is 0 Å². The number of nitrogens with one attached hydrogen (secondary N) is 1. The zero-order valence-electron chi connectivity index (χ0n) is 9.32. The van der Waals surface area contributed by atoms with E-state index >= 15 is 0 Å². The van der Waals surface area contributed by atoms with E-state index in [0.29, 0.717) is 19.4 Å². The van der Waals surface area contributed by atoms with Crippen LogP contribution in [0.4, 0.5) is 0 Å². The molecule has 0 aromatic heterocycles. The summed E-state index contributed by atoms with van der Waals surface area (Å²) in [5.74, 6) is -1.41. The lowest BCUT2D eigenvalue weighted by Gasteiger charge is -2.12. The third kappa shape index (κ3) is 7.19. The molecule has 0 heterocycles. The zero-order valence-corrected chi connectivity index (χ0v) is 9.32. The van der Waals surface area contributed by atoms with Crippen molar-refractivity contribution in [2.75, 3.05) is 13.2 Å². The number of aliphatic hydroxyl groups is 1. The van der Waals surface area contributed by atoms with Crippen molar-refractivity contribution in [2.24, 2.45) is 5.73 Å². The molecule has 0 fully saturated rings. The summed E-state index contributed by atoms with van der Waals surface area (Å²) in [6, 6.07) is -0.994. The van der Waals surface area contributed by atoms with Crippen molar-refractivity contribution in [3.05, 3.63) is 0 Å². The van der Waals surface area contributed by atoms with Gasteiger partial charge in [-0.3, -0.25) is 4.79 Å². The summed E-state index contributed by atoms with van der Waals surface area (Å²) in [5.41, 5.74) is 5.30. The highest BCUT2D eigenvalue weighted by Crippen LogP contribution is 2.00. The smallest absolute Gasteiger partial charge is 0.326 e. The minimum Gasteiger partial charge on any atom is -0.480 e. The molecule has 0 aliphatic rings. The van der Waals surface area contributed by atoms with E-state index in [1.54, 1.807) is 0 Å². The first kappa shape index (κ1) is 14.9. The van der Waals surface area contributed by atoms with Crippen molar-refractivity contribution in [1.29, 1.82) is 0 Å². The van der Waals surface area contributed by atoms with Crippen LogP contribution in [0.3, 0.4) is 0 Å². The molecule has 0 bridgehead atoms. The Kier molecular flexibility index (Phi) is 8.46. The summed E-state index contributed by atoms with van der Waals surface area (Å²) < 4.78 is 0. The molecular weight excluding hydrogens is 212 g/mol. The Hall–Kier alpha value is -1.14. The van der Waals surface area contributed by atoms with E-state index in [4.69, 9.17) is 15.9 Å². The van der Waals surface area contributed by atoms with Gasteiger partial charge in [0.1, 0.15) is 6.04 Å². The summed E-state index contributed by atoms with van der Waals surface area (Å²) >= 11 is 0. The highest BCUT2D eigenvalue weighted by molar-refractivity contribution is 5.83. The molecule has 94 valence electrons. The molecular formula is C10H20N2O4. The Balaban J connectivity index is 3.77. The average molecular weight is 232 g/mol. The highest BCUT2D eigenvalue weighted by atomic mass is 16.4. The number of hydrogen-bond donors (Lipinski definition) is 4. The molecule has 1 atom stereocenters. The van der Waals surface area contributed by atoms with Crippen LogP contribution in [0.2, 0.25) is 0 Å². The van der Waals surface area contributed by atoms with Crippen molar-refractivity contribution in [3.8, 4) is 0 Å². The maximum absolute atomic E-state index is 11.3. The van der Waals surface area contributed by atoms with Crippen LogP contribution < -0.4 is 11.1 Å². The third-order valence-electron chi connectivity index (χ3n) is 2.16. The highest BCUT2D eigenvalue weighted by Gasteiger charge is 2.18. The van der Waals surface area contributed by atoms with Crippen LogP contribution in [0.5, 0.6) is 0 Å². The van der Waals surface area contributed by atoms with Crippen LogP contribution in [0, 0.1) is 0 Å². The van der Waals surface area contributed by atoms with Crippen molar-refractivity contribution < 1.29 is 19.8 Å². The molecule has 1 amide bonds. The Bertz CT molecular complexity index is 221. The summed E-state index contributed by atoms with van der Waals surface area (Å²) in [4.78, 5) is 22.0. The fourth-order valence-corrected chi connectivity index (χ4v) is 1.26. The number of carbonyl (C=O) groups excluding carboxylic acids is 1. The normalized spacial score (nSPS) is 12.1. The maximum atomic E-state index is 11.3. The number of carboxylic acid groups (broad SMARTS) is 1. The fourth-order valence-electron chi connectivity index (χ4n) is 1.26. The molecule has 0 aromatic rings. The van der Waals surface area contributed by atoms with Gasteiger partial charge in [0.15, 0.2) is 0 Å². The van der Waals surface area contributed by atoms with Crippen molar-refractivity contribution in [2.45, 2.75) is 38.1 Å². The van der Waals surface area contributed by atoms with Gasteiger partial charge in [-0.1, -0.05) is 6.42 Å². The van der Waals surface area contributed by atoms with Crippen LogP contribution in [0.15, 0.2) is 0 Å². The first-order chi connectivity index (χ1) is 7.61. The van der Waals surface area contributed by atoms with Gasteiger partial charge in [0.2, 0.25) is 5.91 Å². The minimum atomic E-state index is -1.12. The summed E-state index contributed by atoms with van der Waals surface area (Å²) in [6.45, 7) is 0.342. The van der Waals surface area contributed by atoms with E-state index in [1.165, 1.54) is 0 Å². The van der Waals surface area contributed by atoms with Gasteiger partial charge >= 0.3 is 5.97 Å². The molecule has 6 heteroatoms. The van der Waals surface area contributed by atoms with Crippen LogP contribution in [-0.2, 0) is 9.59 Å². The van der Waals surface area contributed by atoms with Crippen molar-refractivity contribution in [1.82, 2.24) is 5.32 Å². The van der Waals surface area contributed by atoms with Gasteiger partial charge in [0.25, 0.3) is 0 Å². The average Bonchev–Trinajstić information content (AvgIpc) is 2.23. The van der Waals surface area contributed by atoms with Gasteiger partial charge in [-0.2, -0.15) is 0 Å². The van der Waals surface area contributed by atoms with Crippen LogP contribution in [-0.4, -0.2) is 41.3 Å². The van der Waals surface area contributed by atoms with E-state index in [1.807, 2.05) is 0 Å². The van der Waals surface area contributed by atoms with Gasteiger partial charge in [-0.05, 0) is 19.4 Å². The van der Waals surface area contributed by atoms with E-state index in [2.05, 4.69) is 5.32 Å². The number of nitrogens with two attached hydrogens (primary N) is 1. The molecule has 16 heavy (non-hydrogen) atoms. The van der Waals surface area contributed by atoms with Crippen LogP contribution >= 0.6 is 0 Å². The molecule has 0 spiro atoms. The predicted octanol–water partition coefficient (Wildman–Crippen LogP) is -0.543. The van der Waals surface area contributed by atoms with E-state index < -0.39 is 12.0 Å². The second-order valence-electron chi connectivity index (χ2n) is 3.57. The molecule has 0 radical (unpaired) electrons. The number of carboxylic acids is 1. The van der Waals surface area contributed by atoms with E-state index in [-0.39, 0.29) is 18.9 Å². The summed E-state index contributed by atoms with van der Waals surface area (Å²) in [7, 11) is 0. The number of unbranched alkanes of at least 4 members (excludes halogenated alkanes) is 2. The number of aliphatic carboxylic acids is 1.